The first-order valence-electron chi connectivity index (χ1n) is 3.50. The lowest BCUT2D eigenvalue weighted by molar-refractivity contribution is 1.09. The quantitative estimate of drug-likeness (QED) is 0.534. The number of rotatable bonds is 3. The van der Waals surface area contributed by atoms with Gasteiger partial charge in [0.1, 0.15) is 16.6 Å². The Bertz CT molecular complexity index is 264. The maximum atomic E-state index is 5.22. The van der Waals surface area contributed by atoms with E-state index in [1.807, 2.05) is 6.92 Å². The van der Waals surface area contributed by atoms with Crippen molar-refractivity contribution in [2.45, 2.75) is 6.92 Å². The molecule has 4 N–H and O–H groups in total. The van der Waals surface area contributed by atoms with Crippen molar-refractivity contribution in [1.82, 2.24) is 9.97 Å². The second-order valence-corrected chi connectivity index (χ2v) is 2.85. The Kier molecular flexibility index (Phi) is 3.24. The fraction of sp³-hybridized carbons (Fsp3) is 0.333. The number of halogens is 1. The molecule has 5 nitrogen and oxygen atoms in total. The van der Waals surface area contributed by atoms with E-state index in [0.29, 0.717) is 5.82 Å². The number of anilines is 2. The maximum Gasteiger partial charge on any atom is 0.159 e. The van der Waals surface area contributed by atoms with Gasteiger partial charge in [-0.25, -0.2) is 15.8 Å². The van der Waals surface area contributed by atoms with Crippen LogP contribution in [0.4, 0.5) is 11.6 Å². The third-order valence-corrected chi connectivity index (χ3v) is 2.02. The molecule has 0 saturated carbocycles. The lowest BCUT2D eigenvalue weighted by atomic mass is 10.5. The molecule has 0 aliphatic carbocycles. The van der Waals surface area contributed by atoms with Gasteiger partial charge in [-0.15, -0.1) is 0 Å². The predicted octanol–water partition coefficient (Wildman–Crippen LogP) is 0.956. The van der Waals surface area contributed by atoms with Crippen LogP contribution in [0.5, 0.6) is 0 Å². The third-order valence-electron chi connectivity index (χ3n) is 1.27. The Balaban J connectivity index is 2.97. The van der Waals surface area contributed by atoms with Crippen molar-refractivity contribution in [1.29, 1.82) is 0 Å². The van der Waals surface area contributed by atoms with E-state index in [1.165, 1.54) is 6.33 Å². The topological polar surface area (TPSA) is 75.9 Å². The number of nitrogens with one attached hydrogen (secondary N) is 2. The van der Waals surface area contributed by atoms with Crippen LogP contribution in [0.25, 0.3) is 0 Å². The molecule has 1 aromatic rings. The Morgan fingerprint density at radius 1 is 1.50 bits per heavy atom. The summed E-state index contributed by atoms with van der Waals surface area (Å²) in [6.45, 7) is 2.80. The Morgan fingerprint density at radius 3 is 2.75 bits per heavy atom. The predicted molar refractivity (Wildman–Crippen MR) is 51.7 cm³/mol. The average molecular weight is 232 g/mol. The molecule has 0 aliphatic rings. The van der Waals surface area contributed by atoms with Crippen LogP contribution in [-0.2, 0) is 0 Å². The standard InChI is InChI=1S/C6H10BrN5/c1-2-9-5-4(7)6(12-8)11-3-10-5/h3H,2,8H2,1H3,(H2,9,10,11,12). The van der Waals surface area contributed by atoms with Crippen molar-refractivity contribution in [2.24, 2.45) is 5.84 Å². The van der Waals surface area contributed by atoms with Crippen LogP contribution < -0.4 is 16.6 Å². The van der Waals surface area contributed by atoms with Crippen LogP contribution in [-0.4, -0.2) is 16.5 Å². The second kappa shape index (κ2) is 4.22. The summed E-state index contributed by atoms with van der Waals surface area (Å²) >= 11 is 3.31. The molecular formula is C6H10BrN5. The van der Waals surface area contributed by atoms with E-state index in [2.05, 4.69) is 36.6 Å². The van der Waals surface area contributed by atoms with Gasteiger partial charge in [0.25, 0.3) is 0 Å². The molecule has 6 heteroatoms. The highest BCUT2D eigenvalue weighted by molar-refractivity contribution is 9.10. The zero-order valence-electron chi connectivity index (χ0n) is 6.63. The number of hydrogen-bond donors (Lipinski definition) is 3. The van der Waals surface area contributed by atoms with Gasteiger partial charge in [0, 0.05) is 6.54 Å². The minimum absolute atomic E-state index is 0.570. The minimum Gasteiger partial charge on any atom is -0.369 e. The summed E-state index contributed by atoms with van der Waals surface area (Å²) in [5.74, 6) is 6.52. The minimum atomic E-state index is 0.570. The molecule has 0 atom stereocenters. The number of hydrazine groups is 1. The smallest absolute Gasteiger partial charge is 0.159 e. The normalized spacial score (nSPS) is 9.58. The Hall–Kier alpha value is -0.880. The van der Waals surface area contributed by atoms with Crippen molar-refractivity contribution in [3.8, 4) is 0 Å². The highest BCUT2D eigenvalue weighted by atomic mass is 79.9. The third kappa shape index (κ3) is 1.83. The van der Waals surface area contributed by atoms with E-state index in [4.69, 9.17) is 5.84 Å². The van der Waals surface area contributed by atoms with Crippen molar-refractivity contribution < 1.29 is 0 Å². The average Bonchev–Trinajstić information content (AvgIpc) is 2.09. The highest BCUT2D eigenvalue weighted by Crippen LogP contribution is 2.25. The second-order valence-electron chi connectivity index (χ2n) is 2.06. The summed E-state index contributed by atoms with van der Waals surface area (Å²) in [7, 11) is 0. The van der Waals surface area contributed by atoms with Crippen molar-refractivity contribution >= 4 is 27.6 Å². The molecule has 0 unspecified atom stereocenters. The number of nitrogen functional groups attached to an aromatic ring is 1. The van der Waals surface area contributed by atoms with Gasteiger partial charge in [-0.3, -0.25) is 0 Å². The summed E-state index contributed by atoms with van der Waals surface area (Å²) < 4.78 is 0.745. The first kappa shape index (κ1) is 9.21. The zero-order chi connectivity index (χ0) is 8.97. The monoisotopic (exact) mass is 231 g/mol. The number of nitrogens with two attached hydrogens (primary N) is 1. The van der Waals surface area contributed by atoms with E-state index in [1.54, 1.807) is 0 Å². The fourth-order valence-corrected chi connectivity index (χ4v) is 1.22. The summed E-state index contributed by atoms with van der Waals surface area (Å²) in [5.41, 5.74) is 2.46. The van der Waals surface area contributed by atoms with Gasteiger partial charge < -0.3 is 10.7 Å². The SMILES string of the molecule is CCNc1ncnc(NN)c1Br. The Labute approximate surface area is 78.9 Å². The van der Waals surface area contributed by atoms with Crippen LogP contribution in [0.3, 0.4) is 0 Å². The van der Waals surface area contributed by atoms with Crippen LogP contribution in [0.15, 0.2) is 10.8 Å². The molecule has 0 radical (unpaired) electrons. The van der Waals surface area contributed by atoms with Crippen molar-refractivity contribution in [3.63, 3.8) is 0 Å². The number of aromatic nitrogens is 2. The lowest BCUT2D eigenvalue weighted by Crippen LogP contribution is -2.11. The number of nitrogens with zero attached hydrogens (tertiary/aromatic N) is 2. The van der Waals surface area contributed by atoms with Gasteiger partial charge in [-0.1, -0.05) is 0 Å². The van der Waals surface area contributed by atoms with E-state index in [9.17, 15) is 0 Å². The molecule has 66 valence electrons. The van der Waals surface area contributed by atoms with Crippen molar-refractivity contribution in [3.05, 3.63) is 10.8 Å². The molecule has 0 spiro atoms. The van der Waals surface area contributed by atoms with E-state index in [-0.39, 0.29) is 0 Å². The van der Waals surface area contributed by atoms with Gasteiger partial charge in [-0.05, 0) is 22.9 Å². The molecule has 0 aliphatic heterocycles. The molecule has 0 aromatic carbocycles. The molecule has 0 fully saturated rings. The van der Waals surface area contributed by atoms with Gasteiger partial charge in [-0.2, -0.15) is 0 Å². The summed E-state index contributed by atoms with van der Waals surface area (Å²) in [6, 6.07) is 0. The largest absolute Gasteiger partial charge is 0.369 e. The Morgan fingerprint density at radius 2 is 2.17 bits per heavy atom. The highest BCUT2D eigenvalue weighted by Gasteiger charge is 2.05. The van der Waals surface area contributed by atoms with Gasteiger partial charge >= 0.3 is 0 Å². The van der Waals surface area contributed by atoms with Crippen LogP contribution in [0.1, 0.15) is 6.92 Å². The molecule has 1 heterocycles. The summed E-state index contributed by atoms with van der Waals surface area (Å²) in [6.07, 6.45) is 1.44. The van der Waals surface area contributed by atoms with Gasteiger partial charge in [0.05, 0.1) is 0 Å². The van der Waals surface area contributed by atoms with E-state index >= 15 is 0 Å². The fourth-order valence-electron chi connectivity index (χ4n) is 0.761. The summed E-state index contributed by atoms with van der Waals surface area (Å²) in [4.78, 5) is 7.92. The molecule has 1 aromatic heterocycles. The van der Waals surface area contributed by atoms with E-state index < -0.39 is 0 Å². The van der Waals surface area contributed by atoms with Crippen molar-refractivity contribution in [2.75, 3.05) is 17.3 Å². The number of hydrogen-bond acceptors (Lipinski definition) is 5. The lowest BCUT2D eigenvalue weighted by Gasteiger charge is -2.07. The van der Waals surface area contributed by atoms with Crippen LogP contribution >= 0.6 is 15.9 Å². The molecule has 12 heavy (non-hydrogen) atoms. The molecule has 0 saturated heterocycles. The van der Waals surface area contributed by atoms with Crippen LogP contribution in [0, 0.1) is 0 Å². The molecule has 0 bridgehead atoms. The zero-order valence-corrected chi connectivity index (χ0v) is 8.22. The molecular weight excluding hydrogens is 222 g/mol. The van der Waals surface area contributed by atoms with E-state index in [0.717, 1.165) is 16.8 Å². The maximum absolute atomic E-state index is 5.22. The molecule has 1 rings (SSSR count). The van der Waals surface area contributed by atoms with Crippen LogP contribution in [0.2, 0.25) is 0 Å². The first-order valence-corrected chi connectivity index (χ1v) is 4.29. The molecule has 0 amide bonds. The van der Waals surface area contributed by atoms with Gasteiger partial charge in [0.2, 0.25) is 0 Å². The first-order chi connectivity index (χ1) is 5.79. The summed E-state index contributed by atoms with van der Waals surface area (Å²) in [5, 5.41) is 3.06. The van der Waals surface area contributed by atoms with Gasteiger partial charge in [0.15, 0.2) is 5.82 Å².